The van der Waals surface area contributed by atoms with Crippen LogP contribution in [-0.4, -0.2) is 24.6 Å². The second-order valence-electron chi connectivity index (χ2n) is 6.11. The number of carbonyl (C=O) groups is 1. The highest BCUT2D eigenvalue weighted by Gasteiger charge is 2.28. The van der Waals surface area contributed by atoms with Gasteiger partial charge in [0.1, 0.15) is 5.75 Å². The van der Waals surface area contributed by atoms with Gasteiger partial charge in [-0.2, -0.15) is 0 Å². The van der Waals surface area contributed by atoms with E-state index in [1.165, 1.54) is 18.2 Å². The van der Waals surface area contributed by atoms with E-state index in [9.17, 15) is 4.79 Å². The van der Waals surface area contributed by atoms with Crippen LogP contribution in [0.4, 0.5) is 5.69 Å². The second-order valence-corrected chi connectivity index (χ2v) is 6.51. The third kappa shape index (κ3) is 3.43. The first kappa shape index (κ1) is 17.6. The summed E-state index contributed by atoms with van der Waals surface area (Å²) in [6, 6.07) is 11.8. The van der Waals surface area contributed by atoms with Gasteiger partial charge in [0.2, 0.25) is 0 Å². The molecule has 0 radical (unpaired) electrons. The lowest BCUT2D eigenvalue weighted by molar-refractivity contribution is 0.0900. The van der Waals surface area contributed by atoms with Crippen molar-refractivity contribution >= 4 is 23.2 Å². The number of hydrogen-bond donors (Lipinski definition) is 2. The SMILES string of the molecule is CCC1c2ccccc2CN1CNC(=O)c1cc(Cl)c(N)cc1OC. The van der Waals surface area contributed by atoms with Crippen LogP contribution in [0.5, 0.6) is 5.75 Å². The first-order valence-electron chi connectivity index (χ1n) is 8.28. The van der Waals surface area contributed by atoms with Gasteiger partial charge in [0.05, 0.1) is 30.1 Å². The van der Waals surface area contributed by atoms with Crippen molar-refractivity contribution in [1.29, 1.82) is 0 Å². The summed E-state index contributed by atoms with van der Waals surface area (Å²) in [6.45, 7) is 3.44. The average molecular weight is 360 g/mol. The van der Waals surface area contributed by atoms with E-state index in [0.717, 1.165) is 13.0 Å². The molecular weight excluding hydrogens is 338 g/mol. The number of nitrogens with two attached hydrogens (primary N) is 1. The molecule has 0 saturated carbocycles. The minimum Gasteiger partial charge on any atom is -0.496 e. The highest BCUT2D eigenvalue weighted by molar-refractivity contribution is 6.33. The van der Waals surface area contributed by atoms with Gasteiger partial charge in [-0.25, -0.2) is 0 Å². The molecule has 1 amide bonds. The molecule has 2 aromatic rings. The van der Waals surface area contributed by atoms with Crippen molar-refractivity contribution in [3.05, 3.63) is 58.1 Å². The highest BCUT2D eigenvalue weighted by atomic mass is 35.5. The Morgan fingerprint density at radius 3 is 2.88 bits per heavy atom. The van der Waals surface area contributed by atoms with Crippen molar-refractivity contribution in [2.75, 3.05) is 19.5 Å². The van der Waals surface area contributed by atoms with Crippen LogP contribution in [0.3, 0.4) is 0 Å². The van der Waals surface area contributed by atoms with Gasteiger partial charge in [-0.1, -0.05) is 42.8 Å². The summed E-state index contributed by atoms with van der Waals surface area (Å²) in [7, 11) is 1.50. The molecule has 0 bridgehead atoms. The third-order valence-electron chi connectivity index (χ3n) is 4.62. The van der Waals surface area contributed by atoms with Crippen molar-refractivity contribution in [3.63, 3.8) is 0 Å². The molecule has 1 unspecified atom stereocenters. The Hall–Kier alpha value is -2.24. The summed E-state index contributed by atoms with van der Waals surface area (Å²) in [5, 5.41) is 3.31. The van der Waals surface area contributed by atoms with E-state index in [-0.39, 0.29) is 5.91 Å². The van der Waals surface area contributed by atoms with Crippen LogP contribution >= 0.6 is 11.6 Å². The number of amides is 1. The molecule has 0 spiro atoms. The van der Waals surface area contributed by atoms with Gasteiger partial charge in [0.25, 0.3) is 5.91 Å². The van der Waals surface area contributed by atoms with Crippen LogP contribution in [0.15, 0.2) is 36.4 Å². The Kier molecular flexibility index (Phi) is 5.16. The standard InChI is InChI=1S/C19H22ClN3O2/c1-3-17-13-7-5-4-6-12(13)10-23(17)11-22-19(24)14-8-15(20)16(21)9-18(14)25-2/h4-9,17H,3,10-11,21H2,1-2H3,(H,22,24). The number of nitrogen functional groups attached to an aromatic ring is 1. The molecule has 0 aromatic heterocycles. The molecule has 1 atom stereocenters. The van der Waals surface area contributed by atoms with E-state index in [1.54, 1.807) is 12.1 Å². The smallest absolute Gasteiger partial charge is 0.256 e. The average Bonchev–Trinajstić information content (AvgIpc) is 2.99. The number of methoxy groups -OCH3 is 1. The van der Waals surface area contributed by atoms with Crippen molar-refractivity contribution in [2.45, 2.75) is 25.9 Å². The van der Waals surface area contributed by atoms with Gasteiger partial charge in [0.15, 0.2) is 0 Å². The Morgan fingerprint density at radius 2 is 2.16 bits per heavy atom. The topological polar surface area (TPSA) is 67.6 Å². The molecule has 0 saturated heterocycles. The maximum absolute atomic E-state index is 12.6. The monoisotopic (exact) mass is 359 g/mol. The number of hydrogen-bond acceptors (Lipinski definition) is 4. The van der Waals surface area contributed by atoms with Crippen LogP contribution in [0.1, 0.15) is 40.9 Å². The van der Waals surface area contributed by atoms with Crippen LogP contribution in [-0.2, 0) is 6.54 Å². The Morgan fingerprint density at radius 1 is 1.40 bits per heavy atom. The summed E-state index contributed by atoms with van der Waals surface area (Å²) in [4.78, 5) is 14.9. The molecule has 25 heavy (non-hydrogen) atoms. The lowest BCUT2D eigenvalue weighted by atomic mass is 10.0. The number of carbonyl (C=O) groups excluding carboxylic acids is 1. The highest BCUT2D eigenvalue weighted by Crippen LogP contribution is 2.35. The lowest BCUT2D eigenvalue weighted by Gasteiger charge is -2.24. The zero-order valence-electron chi connectivity index (χ0n) is 14.4. The quantitative estimate of drug-likeness (QED) is 0.800. The van der Waals surface area contributed by atoms with Gasteiger partial charge in [0, 0.05) is 18.7 Å². The molecule has 5 nitrogen and oxygen atoms in total. The molecular formula is C19H22ClN3O2. The number of ether oxygens (including phenoxy) is 1. The van der Waals surface area contributed by atoms with E-state index >= 15 is 0 Å². The first-order chi connectivity index (χ1) is 12.0. The number of fused-ring (bicyclic) bond motifs is 1. The summed E-state index contributed by atoms with van der Waals surface area (Å²) in [5.74, 6) is 0.181. The van der Waals surface area contributed by atoms with Gasteiger partial charge in [-0.15, -0.1) is 0 Å². The van der Waals surface area contributed by atoms with E-state index in [0.29, 0.717) is 34.7 Å². The van der Waals surface area contributed by atoms with Gasteiger partial charge in [-0.05, 0) is 23.6 Å². The maximum Gasteiger partial charge on any atom is 0.256 e. The molecule has 1 heterocycles. The Balaban J connectivity index is 1.72. The predicted octanol–water partition coefficient (Wildman–Crippen LogP) is 3.59. The minimum atomic E-state index is -0.232. The summed E-state index contributed by atoms with van der Waals surface area (Å²) < 4.78 is 5.25. The van der Waals surface area contributed by atoms with Gasteiger partial charge >= 0.3 is 0 Å². The van der Waals surface area contributed by atoms with Crippen molar-refractivity contribution < 1.29 is 9.53 Å². The van der Waals surface area contributed by atoms with Crippen molar-refractivity contribution in [2.24, 2.45) is 0 Å². The Labute approximate surface area is 152 Å². The molecule has 2 aromatic carbocycles. The van der Waals surface area contributed by atoms with Crippen molar-refractivity contribution in [3.8, 4) is 5.75 Å². The lowest BCUT2D eigenvalue weighted by Crippen LogP contribution is -2.36. The predicted molar refractivity (Wildman–Crippen MR) is 99.8 cm³/mol. The fourth-order valence-electron chi connectivity index (χ4n) is 3.36. The van der Waals surface area contributed by atoms with Crippen molar-refractivity contribution in [1.82, 2.24) is 10.2 Å². The number of nitrogens with one attached hydrogen (secondary N) is 1. The molecule has 0 aliphatic carbocycles. The summed E-state index contributed by atoms with van der Waals surface area (Å²) in [6.07, 6.45) is 0.990. The fraction of sp³-hybridized carbons (Fsp3) is 0.316. The molecule has 3 rings (SSSR count). The molecule has 3 N–H and O–H groups in total. The van der Waals surface area contributed by atoms with E-state index in [1.807, 2.05) is 0 Å². The van der Waals surface area contributed by atoms with Crippen LogP contribution in [0.25, 0.3) is 0 Å². The van der Waals surface area contributed by atoms with Gasteiger partial charge < -0.3 is 15.8 Å². The first-order valence-corrected chi connectivity index (χ1v) is 8.66. The summed E-state index contributed by atoms with van der Waals surface area (Å²) in [5.41, 5.74) is 9.19. The number of rotatable bonds is 5. The molecule has 1 aliphatic heterocycles. The summed E-state index contributed by atoms with van der Waals surface area (Å²) >= 11 is 6.05. The van der Waals surface area contributed by atoms with Gasteiger partial charge in [-0.3, -0.25) is 9.69 Å². The number of anilines is 1. The zero-order valence-corrected chi connectivity index (χ0v) is 15.1. The van der Waals surface area contributed by atoms with Crippen LogP contribution in [0, 0.1) is 0 Å². The van der Waals surface area contributed by atoms with E-state index in [4.69, 9.17) is 22.1 Å². The molecule has 6 heteroatoms. The minimum absolute atomic E-state index is 0.232. The number of halogens is 1. The third-order valence-corrected chi connectivity index (χ3v) is 4.95. The molecule has 1 aliphatic rings. The maximum atomic E-state index is 12.6. The fourth-order valence-corrected chi connectivity index (χ4v) is 3.52. The largest absolute Gasteiger partial charge is 0.496 e. The second kappa shape index (κ2) is 7.33. The van der Waals surface area contributed by atoms with Crippen LogP contribution in [0.2, 0.25) is 5.02 Å². The zero-order chi connectivity index (χ0) is 18.0. The van der Waals surface area contributed by atoms with E-state index in [2.05, 4.69) is 41.4 Å². The number of benzene rings is 2. The normalized spacial score (nSPS) is 16.5. The number of nitrogens with zero attached hydrogens (tertiary/aromatic N) is 1. The van der Waals surface area contributed by atoms with E-state index < -0.39 is 0 Å². The molecule has 132 valence electrons. The molecule has 0 fully saturated rings. The Bertz CT molecular complexity index is 794. The van der Waals surface area contributed by atoms with Crippen LogP contribution < -0.4 is 15.8 Å².